The van der Waals surface area contributed by atoms with Gasteiger partial charge >= 0.3 is 5.97 Å². The van der Waals surface area contributed by atoms with Crippen LogP contribution in [0.15, 0.2) is 12.1 Å². The van der Waals surface area contributed by atoms with Gasteiger partial charge in [-0.1, -0.05) is 0 Å². The first-order chi connectivity index (χ1) is 11.5. The van der Waals surface area contributed by atoms with Crippen molar-refractivity contribution in [1.82, 2.24) is 4.90 Å². The Balaban J connectivity index is 2.37. The summed E-state index contributed by atoms with van der Waals surface area (Å²) in [7, 11) is 6.00. The number of rotatable bonds is 7. The molecule has 1 aromatic carbocycles. The highest BCUT2D eigenvalue weighted by Crippen LogP contribution is 2.48. The maximum absolute atomic E-state index is 12.2. The van der Waals surface area contributed by atoms with Gasteiger partial charge in [-0.15, -0.1) is 11.8 Å². The van der Waals surface area contributed by atoms with Crippen molar-refractivity contribution in [2.24, 2.45) is 0 Å². The number of carbonyl (C=O) groups is 2. The molecule has 0 spiro atoms. The van der Waals surface area contributed by atoms with Gasteiger partial charge in [0.1, 0.15) is 22.6 Å². The zero-order chi connectivity index (χ0) is 17.7. The first-order valence-electron chi connectivity index (χ1n) is 7.33. The van der Waals surface area contributed by atoms with Gasteiger partial charge in [-0.3, -0.25) is 9.59 Å². The van der Waals surface area contributed by atoms with Crippen LogP contribution >= 0.6 is 11.8 Å². The summed E-state index contributed by atoms with van der Waals surface area (Å²) >= 11 is 1.47. The summed E-state index contributed by atoms with van der Waals surface area (Å²) in [5.74, 6) is 1.69. The molecule has 0 aliphatic carbocycles. The Hall–Kier alpha value is -2.09. The molecule has 1 unspecified atom stereocenters. The second kappa shape index (κ2) is 8.14. The normalized spacial score (nSPS) is 16.9. The molecule has 0 saturated carbocycles. The minimum Gasteiger partial charge on any atom is -0.496 e. The van der Waals surface area contributed by atoms with Crippen LogP contribution in [0.1, 0.15) is 17.4 Å². The molecule has 1 aliphatic rings. The average molecular weight is 355 g/mol. The van der Waals surface area contributed by atoms with E-state index in [1.165, 1.54) is 18.9 Å². The maximum Gasteiger partial charge on any atom is 0.307 e. The summed E-state index contributed by atoms with van der Waals surface area (Å²) < 4.78 is 20.8. The molecule has 1 fully saturated rings. The van der Waals surface area contributed by atoms with E-state index < -0.39 is 0 Å². The molecule has 7 nitrogen and oxygen atoms in total. The largest absolute Gasteiger partial charge is 0.496 e. The number of benzene rings is 1. The third-order valence-corrected chi connectivity index (χ3v) is 4.97. The molecule has 0 bridgehead atoms. The molecule has 0 aromatic heterocycles. The SMILES string of the molecule is COC(=O)CCN1C(=O)CSC1c1c(OC)cc(OC)cc1OC. The van der Waals surface area contributed by atoms with Crippen LogP contribution in [0.4, 0.5) is 0 Å². The lowest BCUT2D eigenvalue weighted by molar-refractivity contribution is -0.141. The molecule has 0 radical (unpaired) electrons. The van der Waals surface area contributed by atoms with Crippen LogP contribution in [-0.4, -0.2) is 57.5 Å². The van der Waals surface area contributed by atoms with Gasteiger partial charge in [0.2, 0.25) is 5.91 Å². The number of methoxy groups -OCH3 is 4. The van der Waals surface area contributed by atoms with Gasteiger partial charge in [-0.25, -0.2) is 0 Å². The number of nitrogens with zero attached hydrogens (tertiary/aromatic N) is 1. The van der Waals surface area contributed by atoms with Crippen LogP contribution < -0.4 is 14.2 Å². The Morgan fingerprint density at radius 3 is 2.29 bits per heavy atom. The smallest absolute Gasteiger partial charge is 0.307 e. The van der Waals surface area contributed by atoms with Crippen LogP contribution in [0.25, 0.3) is 0 Å². The lowest BCUT2D eigenvalue weighted by Crippen LogP contribution is -2.31. The number of amides is 1. The maximum atomic E-state index is 12.2. The van der Waals surface area contributed by atoms with Gasteiger partial charge in [0, 0.05) is 18.7 Å². The van der Waals surface area contributed by atoms with E-state index in [0.717, 1.165) is 5.56 Å². The Bertz CT molecular complexity index is 596. The molecule has 2 rings (SSSR count). The Morgan fingerprint density at radius 1 is 1.17 bits per heavy atom. The van der Waals surface area contributed by atoms with Gasteiger partial charge in [0.05, 0.1) is 46.2 Å². The summed E-state index contributed by atoms with van der Waals surface area (Å²) in [4.78, 5) is 25.3. The number of ether oxygens (including phenoxy) is 4. The number of thioether (sulfide) groups is 1. The lowest BCUT2D eigenvalue weighted by atomic mass is 10.1. The fourth-order valence-corrected chi connectivity index (χ4v) is 3.79. The molecular formula is C16H21NO6S. The Kier molecular flexibility index (Phi) is 6.19. The minimum absolute atomic E-state index is 0.0335. The summed E-state index contributed by atoms with van der Waals surface area (Å²) in [6.45, 7) is 0.279. The Labute approximate surface area is 145 Å². The summed E-state index contributed by atoms with van der Waals surface area (Å²) in [5.41, 5.74) is 0.751. The van der Waals surface area contributed by atoms with Gasteiger partial charge in [0.25, 0.3) is 0 Å². The van der Waals surface area contributed by atoms with E-state index in [-0.39, 0.29) is 30.2 Å². The zero-order valence-corrected chi connectivity index (χ0v) is 15.0. The monoisotopic (exact) mass is 355 g/mol. The zero-order valence-electron chi connectivity index (χ0n) is 14.2. The molecule has 1 atom stereocenters. The average Bonchev–Trinajstić information content (AvgIpc) is 2.98. The molecule has 24 heavy (non-hydrogen) atoms. The summed E-state index contributed by atoms with van der Waals surface area (Å²) in [6.07, 6.45) is 0.139. The first kappa shape index (κ1) is 18.3. The van der Waals surface area contributed by atoms with Crippen molar-refractivity contribution in [2.45, 2.75) is 11.8 Å². The van der Waals surface area contributed by atoms with E-state index in [4.69, 9.17) is 14.2 Å². The van der Waals surface area contributed by atoms with Crippen LogP contribution in [0.5, 0.6) is 17.2 Å². The predicted molar refractivity (Wildman–Crippen MR) is 89.6 cm³/mol. The van der Waals surface area contributed by atoms with Crippen LogP contribution in [-0.2, 0) is 14.3 Å². The molecular weight excluding hydrogens is 334 g/mol. The standard InChI is InChI=1S/C16H21NO6S/c1-20-10-7-11(21-2)15(12(8-10)22-3)16-17(13(18)9-24-16)6-5-14(19)23-4/h7-8,16H,5-6,9H2,1-4H3. The Morgan fingerprint density at radius 2 is 1.79 bits per heavy atom. The van der Waals surface area contributed by atoms with Crippen molar-refractivity contribution in [3.8, 4) is 17.2 Å². The third-order valence-electron chi connectivity index (χ3n) is 3.75. The molecule has 1 heterocycles. The highest BCUT2D eigenvalue weighted by molar-refractivity contribution is 8.00. The summed E-state index contributed by atoms with van der Waals surface area (Å²) in [6, 6.07) is 3.50. The van der Waals surface area contributed by atoms with Gasteiger partial charge < -0.3 is 23.8 Å². The number of hydrogen-bond donors (Lipinski definition) is 0. The van der Waals surface area contributed by atoms with E-state index in [2.05, 4.69) is 4.74 Å². The summed E-state index contributed by atoms with van der Waals surface area (Å²) in [5, 5.41) is -0.294. The van der Waals surface area contributed by atoms with Crippen LogP contribution in [0.3, 0.4) is 0 Å². The van der Waals surface area contributed by atoms with Crippen LogP contribution in [0.2, 0.25) is 0 Å². The van der Waals surface area contributed by atoms with E-state index in [0.29, 0.717) is 23.0 Å². The molecule has 132 valence electrons. The molecule has 1 aromatic rings. The van der Waals surface area contributed by atoms with Crippen molar-refractivity contribution in [3.63, 3.8) is 0 Å². The van der Waals surface area contributed by atoms with Gasteiger partial charge in [0.15, 0.2) is 0 Å². The van der Waals surface area contributed by atoms with Crippen molar-refractivity contribution < 1.29 is 28.5 Å². The van der Waals surface area contributed by atoms with Crippen molar-refractivity contribution in [1.29, 1.82) is 0 Å². The molecule has 1 aliphatic heterocycles. The van der Waals surface area contributed by atoms with E-state index >= 15 is 0 Å². The van der Waals surface area contributed by atoms with Crippen molar-refractivity contribution >= 4 is 23.6 Å². The quantitative estimate of drug-likeness (QED) is 0.691. The second-order valence-corrected chi connectivity index (χ2v) is 6.09. The lowest BCUT2D eigenvalue weighted by Gasteiger charge is -2.26. The van der Waals surface area contributed by atoms with Crippen molar-refractivity contribution in [3.05, 3.63) is 17.7 Å². The van der Waals surface area contributed by atoms with E-state index in [1.807, 2.05) is 0 Å². The van der Waals surface area contributed by atoms with Gasteiger partial charge in [-0.2, -0.15) is 0 Å². The van der Waals surface area contributed by atoms with Crippen molar-refractivity contribution in [2.75, 3.05) is 40.7 Å². The number of carbonyl (C=O) groups excluding carboxylic acids is 2. The minimum atomic E-state index is -0.355. The second-order valence-electron chi connectivity index (χ2n) is 5.02. The molecule has 1 saturated heterocycles. The number of hydrogen-bond acceptors (Lipinski definition) is 7. The fraction of sp³-hybridized carbons (Fsp3) is 0.500. The fourth-order valence-electron chi connectivity index (χ4n) is 2.52. The molecule has 1 amide bonds. The van der Waals surface area contributed by atoms with E-state index in [9.17, 15) is 9.59 Å². The van der Waals surface area contributed by atoms with Gasteiger partial charge in [-0.05, 0) is 0 Å². The first-order valence-corrected chi connectivity index (χ1v) is 8.38. The molecule has 0 N–H and O–H groups in total. The topological polar surface area (TPSA) is 74.3 Å². The van der Waals surface area contributed by atoms with E-state index in [1.54, 1.807) is 38.4 Å². The molecule has 8 heteroatoms. The highest BCUT2D eigenvalue weighted by Gasteiger charge is 2.37. The predicted octanol–water partition coefficient (Wildman–Crippen LogP) is 1.85. The highest BCUT2D eigenvalue weighted by atomic mass is 32.2. The third kappa shape index (κ3) is 3.69. The number of esters is 1. The van der Waals surface area contributed by atoms with Crippen LogP contribution in [0, 0.1) is 0 Å².